The number of para-hydroxylation sites is 1. The molecule has 4 heteroatoms. The van der Waals surface area contributed by atoms with E-state index in [2.05, 4.69) is 132 Å². The Kier molecular flexibility index (Phi) is 4.44. The van der Waals surface area contributed by atoms with E-state index < -0.39 is 0 Å². The first-order valence-electron chi connectivity index (χ1n) is 11.6. The van der Waals surface area contributed by atoms with Crippen LogP contribution in [0.2, 0.25) is 0 Å². The lowest BCUT2D eigenvalue weighted by atomic mass is 9.99. The fourth-order valence-electron chi connectivity index (χ4n) is 5.38. The molecule has 1 atom stereocenters. The monoisotopic (exact) mass is 433 g/mol. The standard InChI is InChI=1S/C29H29N4/c1-20-11-8-9-14-23(20)29-28-24-15-10-16-25(24)33(22-12-6-5-7-13-22)26(28)19-27(31(29)4)32-18-17-30(3)21(32)2/h5-14,16-19,21H,15H2,1-4H3/q+1/t21-/m0/s1. The summed E-state index contributed by atoms with van der Waals surface area (Å²) in [7, 11) is 4.35. The van der Waals surface area contributed by atoms with E-state index in [1.54, 1.807) is 0 Å². The van der Waals surface area contributed by atoms with Crippen molar-refractivity contribution in [1.82, 2.24) is 9.47 Å². The van der Waals surface area contributed by atoms with E-state index in [1.165, 1.54) is 50.5 Å². The molecule has 164 valence electrons. The first-order valence-corrected chi connectivity index (χ1v) is 11.6. The minimum atomic E-state index is 0.255. The van der Waals surface area contributed by atoms with Crippen LogP contribution < -0.4 is 9.47 Å². The van der Waals surface area contributed by atoms with Crippen molar-refractivity contribution in [2.24, 2.45) is 7.05 Å². The van der Waals surface area contributed by atoms with Crippen molar-refractivity contribution >= 4 is 22.8 Å². The van der Waals surface area contributed by atoms with E-state index in [1.807, 2.05) is 0 Å². The average molecular weight is 434 g/mol. The van der Waals surface area contributed by atoms with Gasteiger partial charge in [-0.3, -0.25) is 0 Å². The summed E-state index contributed by atoms with van der Waals surface area (Å²) in [5.74, 6) is 1.19. The van der Waals surface area contributed by atoms with Gasteiger partial charge in [-0.15, -0.1) is 0 Å². The summed E-state index contributed by atoms with van der Waals surface area (Å²) in [6, 6.07) is 21.9. The molecule has 4 aromatic rings. The molecular formula is C29H29N4+. The Morgan fingerprint density at radius 3 is 2.45 bits per heavy atom. The number of fused-ring (bicyclic) bond motifs is 3. The van der Waals surface area contributed by atoms with Crippen molar-refractivity contribution in [1.29, 1.82) is 0 Å². The summed E-state index contributed by atoms with van der Waals surface area (Å²) in [5, 5.41) is 1.35. The van der Waals surface area contributed by atoms with Crippen LogP contribution >= 0.6 is 0 Å². The van der Waals surface area contributed by atoms with Gasteiger partial charge >= 0.3 is 0 Å². The van der Waals surface area contributed by atoms with Crippen LogP contribution in [-0.4, -0.2) is 22.7 Å². The van der Waals surface area contributed by atoms with Crippen LogP contribution in [0.5, 0.6) is 0 Å². The highest BCUT2D eigenvalue weighted by molar-refractivity contribution is 6.01. The third-order valence-electron chi connectivity index (χ3n) is 7.26. The van der Waals surface area contributed by atoms with Crippen molar-refractivity contribution in [2.75, 3.05) is 11.9 Å². The van der Waals surface area contributed by atoms with Crippen LogP contribution in [0, 0.1) is 6.92 Å². The molecule has 1 aliphatic carbocycles. The second kappa shape index (κ2) is 7.38. The summed E-state index contributed by atoms with van der Waals surface area (Å²) in [6.07, 6.45) is 10.1. The van der Waals surface area contributed by atoms with E-state index in [4.69, 9.17) is 0 Å². The molecule has 0 unspecified atom stereocenters. The van der Waals surface area contributed by atoms with Crippen molar-refractivity contribution < 1.29 is 4.57 Å². The van der Waals surface area contributed by atoms with Gasteiger partial charge in [0.15, 0.2) is 6.17 Å². The number of hydrogen-bond acceptors (Lipinski definition) is 2. The molecule has 0 bridgehead atoms. The molecular weight excluding hydrogens is 404 g/mol. The maximum atomic E-state index is 2.44. The average Bonchev–Trinajstić information content (AvgIpc) is 3.50. The van der Waals surface area contributed by atoms with Gasteiger partial charge in [0.1, 0.15) is 11.9 Å². The zero-order valence-electron chi connectivity index (χ0n) is 19.7. The molecule has 1 aliphatic heterocycles. The van der Waals surface area contributed by atoms with Crippen molar-refractivity contribution in [3.63, 3.8) is 0 Å². The van der Waals surface area contributed by atoms with Crippen molar-refractivity contribution in [2.45, 2.75) is 26.4 Å². The van der Waals surface area contributed by atoms with Gasteiger partial charge in [-0.25, -0.2) is 9.47 Å². The number of rotatable bonds is 3. The summed E-state index contributed by atoms with van der Waals surface area (Å²) < 4.78 is 4.83. The van der Waals surface area contributed by atoms with Gasteiger partial charge in [0, 0.05) is 24.5 Å². The second-order valence-electron chi connectivity index (χ2n) is 9.13. The number of aryl methyl sites for hydroxylation is 1. The molecule has 0 amide bonds. The zero-order valence-corrected chi connectivity index (χ0v) is 19.7. The normalized spacial score (nSPS) is 16.9. The maximum absolute atomic E-state index is 2.44. The Hall–Kier alpha value is -3.79. The number of aromatic nitrogens is 2. The molecule has 2 aromatic carbocycles. The Morgan fingerprint density at radius 2 is 1.73 bits per heavy atom. The maximum Gasteiger partial charge on any atom is 0.285 e. The van der Waals surface area contributed by atoms with Crippen LogP contribution in [0.3, 0.4) is 0 Å². The smallest absolute Gasteiger partial charge is 0.285 e. The fraction of sp³-hybridized carbons (Fsp3) is 0.207. The minimum absolute atomic E-state index is 0.255. The molecule has 3 heterocycles. The Labute approximate surface area is 195 Å². The van der Waals surface area contributed by atoms with Crippen LogP contribution in [0.25, 0.3) is 33.9 Å². The summed E-state index contributed by atoms with van der Waals surface area (Å²) >= 11 is 0. The largest absolute Gasteiger partial charge is 0.339 e. The molecule has 0 N–H and O–H groups in total. The number of anilines is 1. The van der Waals surface area contributed by atoms with E-state index >= 15 is 0 Å². The molecule has 0 saturated heterocycles. The SMILES string of the molecule is Cc1ccccc1-c1c2c3c(n(-c4ccccc4)c2cc(N2C=CN(C)[C@@H]2C)[n+]1C)C=CC3. The van der Waals surface area contributed by atoms with E-state index in [0.29, 0.717) is 0 Å². The van der Waals surface area contributed by atoms with Crippen molar-refractivity contribution in [3.05, 3.63) is 96.0 Å². The molecule has 0 spiro atoms. The summed E-state index contributed by atoms with van der Waals surface area (Å²) in [4.78, 5) is 4.61. The van der Waals surface area contributed by atoms with E-state index in [0.717, 1.165) is 6.42 Å². The predicted molar refractivity (Wildman–Crippen MR) is 136 cm³/mol. The Bertz CT molecular complexity index is 1440. The first kappa shape index (κ1) is 19.9. The molecule has 0 saturated carbocycles. The van der Waals surface area contributed by atoms with Gasteiger partial charge in [-0.05, 0) is 49.6 Å². The minimum Gasteiger partial charge on any atom is -0.339 e. The van der Waals surface area contributed by atoms with Gasteiger partial charge < -0.3 is 9.47 Å². The Balaban J connectivity index is 1.76. The van der Waals surface area contributed by atoms with Gasteiger partial charge in [0.25, 0.3) is 5.82 Å². The van der Waals surface area contributed by atoms with Crippen LogP contribution in [0.1, 0.15) is 23.7 Å². The fourth-order valence-corrected chi connectivity index (χ4v) is 5.38. The van der Waals surface area contributed by atoms with Crippen molar-refractivity contribution in [3.8, 4) is 16.9 Å². The third kappa shape index (κ3) is 2.87. The zero-order chi connectivity index (χ0) is 22.7. The molecule has 6 rings (SSSR count). The second-order valence-corrected chi connectivity index (χ2v) is 9.13. The summed E-state index contributed by atoms with van der Waals surface area (Å²) in [6.45, 7) is 4.46. The van der Waals surface area contributed by atoms with E-state index in [9.17, 15) is 0 Å². The number of pyridine rings is 1. The van der Waals surface area contributed by atoms with Gasteiger partial charge in [-0.1, -0.05) is 48.5 Å². The molecule has 4 nitrogen and oxygen atoms in total. The van der Waals surface area contributed by atoms with Gasteiger partial charge in [0.05, 0.1) is 29.7 Å². The highest BCUT2D eigenvalue weighted by Gasteiger charge is 2.34. The molecule has 0 fully saturated rings. The summed E-state index contributed by atoms with van der Waals surface area (Å²) in [5.41, 5.74) is 9.04. The molecule has 33 heavy (non-hydrogen) atoms. The lowest BCUT2D eigenvalue weighted by Gasteiger charge is -2.23. The van der Waals surface area contributed by atoms with Crippen LogP contribution in [-0.2, 0) is 13.5 Å². The predicted octanol–water partition coefficient (Wildman–Crippen LogP) is 5.57. The van der Waals surface area contributed by atoms with Crippen LogP contribution in [0.15, 0.2) is 79.1 Å². The molecule has 0 radical (unpaired) electrons. The highest BCUT2D eigenvalue weighted by atomic mass is 15.4. The number of hydrogen-bond donors (Lipinski definition) is 0. The van der Waals surface area contributed by atoms with Gasteiger partial charge in [-0.2, -0.15) is 0 Å². The van der Waals surface area contributed by atoms with Crippen LogP contribution in [0.4, 0.5) is 5.82 Å². The molecule has 2 aromatic heterocycles. The third-order valence-corrected chi connectivity index (χ3v) is 7.26. The highest BCUT2D eigenvalue weighted by Crippen LogP contribution is 2.41. The Morgan fingerprint density at radius 1 is 0.970 bits per heavy atom. The topological polar surface area (TPSA) is 15.3 Å². The lowest BCUT2D eigenvalue weighted by Crippen LogP contribution is -2.44. The quantitative estimate of drug-likeness (QED) is 0.393. The van der Waals surface area contributed by atoms with Gasteiger partial charge in [0.2, 0.25) is 0 Å². The lowest BCUT2D eigenvalue weighted by molar-refractivity contribution is -0.646. The number of allylic oxidation sites excluding steroid dienone is 1. The molecule has 2 aliphatic rings. The first-order chi connectivity index (χ1) is 16.1. The number of nitrogens with zero attached hydrogens (tertiary/aromatic N) is 4. The number of benzene rings is 2. The van der Waals surface area contributed by atoms with E-state index in [-0.39, 0.29) is 6.17 Å².